The molecule has 0 saturated heterocycles. The Bertz CT molecular complexity index is 1730. The molecule has 3 aliphatic heterocycles. The van der Waals surface area contributed by atoms with Gasteiger partial charge in [-0.2, -0.15) is 0 Å². The second kappa shape index (κ2) is 8.31. The van der Waals surface area contributed by atoms with Crippen LogP contribution in [0.1, 0.15) is 0 Å². The molecule has 0 saturated carbocycles. The summed E-state index contributed by atoms with van der Waals surface area (Å²) < 4.78 is 4.60. The van der Waals surface area contributed by atoms with Crippen molar-refractivity contribution in [1.29, 1.82) is 0 Å². The van der Waals surface area contributed by atoms with E-state index in [0.29, 0.717) is 0 Å². The summed E-state index contributed by atoms with van der Waals surface area (Å²) in [5, 5.41) is 0. The summed E-state index contributed by atoms with van der Waals surface area (Å²) in [4.78, 5) is 12.9. The fourth-order valence-electron chi connectivity index (χ4n) is 7.99. The topological polar surface area (TPSA) is 9.72 Å². The number of rotatable bonds is 3. The molecule has 6 aromatic carbocycles. The fourth-order valence-corrected chi connectivity index (χ4v) is 24.7. The fraction of sp³-hybridized carbons (Fsp3) is 0.0526. The maximum atomic E-state index is 2.67. The molecular weight excluding hydrogens is 620 g/mol. The summed E-state index contributed by atoms with van der Waals surface area (Å²) in [6.45, 7) is 0. The molecule has 0 bridgehead atoms. The molecule has 0 aromatic heterocycles. The first-order chi connectivity index (χ1) is 20.6. The molecule has 202 valence electrons. The van der Waals surface area contributed by atoms with Crippen LogP contribution in [0.3, 0.4) is 0 Å². The summed E-state index contributed by atoms with van der Waals surface area (Å²) in [5.74, 6) is 0. The van der Waals surface area contributed by atoms with Crippen molar-refractivity contribution in [2.75, 3.05) is 14.7 Å². The Morgan fingerprint density at radius 1 is 0.310 bits per heavy atom. The van der Waals surface area contributed by atoms with Crippen molar-refractivity contribution in [3.63, 3.8) is 0 Å². The molecule has 9 rings (SSSR count). The van der Waals surface area contributed by atoms with Gasteiger partial charge in [-0.05, 0) is 0 Å². The SMILES string of the molecule is [CH3][Sb]12([CH3])[c]3c4cccc3N(c3ccccc3)c3cccc([c]31)N(c1ccccc1)c1cccc([c]12)N4c1ccccc1. The average Bonchev–Trinajstić information content (AvgIpc) is 3.02. The first-order valence-electron chi connectivity index (χ1n) is 14.5. The summed E-state index contributed by atoms with van der Waals surface area (Å²) in [5.41, 5.74) is 11.4. The second-order valence-electron chi connectivity index (χ2n) is 12.1. The molecular formula is C38H30N3Sb. The zero-order chi connectivity index (χ0) is 28.1. The van der Waals surface area contributed by atoms with Crippen LogP contribution in [0.25, 0.3) is 0 Å². The number of hydrogen-bond donors (Lipinski definition) is 0. The molecule has 0 amide bonds. The van der Waals surface area contributed by atoms with Gasteiger partial charge in [-0.1, -0.05) is 0 Å². The summed E-state index contributed by atoms with van der Waals surface area (Å²) in [6, 6.07) is 53.6. The molecule has 0 fully saturated rings. The normalized spacial score (nSPS) is 17.2. The van der Waals surface area contributed by atoms with Gasteiger partial charge in [0.05, 0.1) is 0 Å². The van der Waals surface area contributed by atoms with Gasteiger partial charge in [0, 0.05) is 0 Å². The van der Waals surface area contributed by atoms with E-state index in [1.165, 1.54) is 61.7 Å². The molecule has 0 atom stereocenters. The van der Waals surface area contributed by atoms with E-state index in [-0.39, 0.29) is 0 Å². The maximum absolute atomic E-state index is 4.14. The van der Waals surface area contributed by atoms with E-state index < -0.39 is 17.4 Å². The number of nitrogens with zero attached hydrogens (tertiary/aromatic N) is 3. The van der Waals surface area contributed by atoms with Crippen LogP contribution in [0.2, 0.25) is 9.74 Å². The standard InChI is InChI=1S/C36H24N3.2CH3.Sb/c1-4-13-28(14-5-1)37-31-19-10-21-33(25-31)38(29-15-6-2-7-16-29)35-23-12-24-36(27-35)39(30-17-8-3-9-18-30)34-22-11-20-32(37)26-34;;;/h1-24H;2*1H3;. The van der Waals surface area contributed by atoms with Crippen LogP contribution in [0.15, 0.2) is 146 Å². The number of para-hydroxylation sites is 3. The molecule has 3 heterocycles. The van der Waals surface area contributed by atoms with Crippen LogP contribution in [0, 0.1) is 0 Å². The zero-order valence-corrected chi connectivity index (χ0v) is 26.2. The van der Waals surface area contributed by atoms with Crippen molar-refractivity contribution >= 4 is 79.1 Å². The van der Waals surface area contributed by atoms with Crippen molar-refractivity contribution in [2.45, 2.75) is 9.74 Å². The van der Waals surface area contributed by atoms with Crippen molar-refractivity contribution in [2.24, 2.45) is 0 Å². The third-order valence-electron chi connectivity index (χ3n) is 9.48. The zero-order valence-electron chi connectivity index (χ0n) is 23.6. The molecule has 42 heavy (non-hydrogen) atoms. The van der Waals surface area contributed by atoms with Gasteiger partial charge in [-0.15, -0.1) is 0 Å². The second-order valence-corrected chi connectivity index (χ2v) is 28.0. The Hall–Kier alpha value is -4.46. The number of anilines is 9. The Morgan fingerprint density at radius 2 is 0.548 bits per heavy atom. The van der Waals surface area contributed by atoms with Gasteiger partial charge in [0.2, 0.25) is 0 Å². The predicted molar refractivity (Wildman–Crippen MR) is 180 cm³/mol. The summed E-state index contributed by atoms with van der Waals surface area (Å²) in [6.07, 6.45) is 0. The summed E-state index contributed by atoms with van der Waals surface area (Å²) >= 11 is -4.14. The van der Waals surface area contributed by atoms with Crippen LogP contribution in [0.5, 0.6) is 0 Å². The van der Waals surface area contributed by atoms with E-state index in [9.17, 15) is 0 Å². The van der Waals surface area contributed by atoms with E-state index in [1.54, 1.807) is 0 Å². The van der Waals surface area contributed by atoms with Gasteiger partial charge in [0.1, 0.15) is 0 Å². The Kier molecular flexibility index (Phi) is 4.78. The van der Waals surface area contributed by atoms with Crippen LogP contribution in [-0.2, 0) is 0 Å². The summed E-state index contributed by atoms with van der Waals surface area (Å²) in [7, 11) is 0. The van der Waals surface area contributed by atoms with E-state index in [0.717, 1.165) is 0 Å². The van der Waals surface area contributed by atoms with Crippen LogP contribution >= 0.6 is 0 Å². The van der Waals surface area contributed by atoms with Gasteiger partial charge < -0.3 is 0 Å². The van der Waals surface area contributed by atoms with Crippen molar-refractivity contribution in [3.05, 3.63) is 146 Å². The molecule has 3 nitrogen and oxygen atoms in total. The van der Waals surface area contributed by atoms with Crippen LogP contribution in [-0.4, -0.2) is 17.4 Å². The molecule has 0 unspecified atom stereocenters. The van der Waals surface area contributed by atoms with Crippen molar-refractivity contribution in [3.8, 4) is 0 Å². The van der Waals surface area contributed by atoms with Crippen molar-refractivity contribution in [1.82, 2.24) is 0 Å². The number of hydrogen-bond acceptors (Lipinski definition) is 3. The minimum absolute atomic E-state index is 1.19. The average molecular weight is 650 g/mol. The number of benzene rings is 6. The Labute approximate surface area is 247 Å². The molecule has 0 radical (unpaired) electrons. The first-order valence-corrected chi connectivity index (χ1v) is 23.5. The molecule has 0 aliphatic carbocycles. The van der Waals surface area contributed by atoms with E-state index in [4.69, 9.17) is 0 Å². The Balaban J connectivity index is 1.50. The minimum atomic E-state index is -4.14. The Morgan fingerprint density at radius 3 is 0.786 bits per heavy atom. The van der Waals surface area contributed by atoms with Crippen molar-refractivity contribution < 1.29 is 0 Å². The van der Waals surface area contributed by atoms with E-state index >= 15 is 0 Å². The van der Waals surface area contributed by atoms with E-state index in [1.807, 2.05) is 0 Å². The third kappa shape index (κ3) is 2.87. The molecule has 3 aliphatic rings. The van der Waals surface area contributed by atoms with Gasteiger partial charge in [0.15, 0.2) is 0 Å². The molecule has 4 heteroatoms. The van der Waals surface area contributed by atoms with Gasteiger partial charge in [0.25, 0.3) is 0 Å². The predicted octanol–water partition coefficient (Wildman–Crippen LogP) is 8.72. The molecule has 0 N–H and O–H groups in total. The first kappa shape index (κ1) is 24.2. The van der Waals surface area contributed by atoms with Crippen LogP contribution in [0.4, 0.5) is 51.2 Å². The quantitative estimate of drug-likeness (QED) is 0.177. The molecule has 0 spiro atoms. The monoisotopic (exact) mass is 649 g/mol. The van der Waals surface area contributed by atoms with Gasteiger partial charge >= 0.3 is 249 Å². The van der Waals surface area contributed by atoms with Crippen LogP contribution < -0.4 is 25.2 Å². The van der Waals surface area contributed by atoms with Gasteiger partial charge in [-0.25, -0.2) is 0 Å². The third-order valence-corrected chi connectivity index (χ3v) is 24.9. The van der Waals surface area contributed by atoms with Gasteiger partial charge in [-0.3, -0.25) is 0 Å². The molecule has 6 aromatic rings. The van der Waals surface area contributed by atoms with E-state index in [2.05, 4.69) is 170 Å².